The Morgan fingerprint density at radius 2 is 1.81 bits per heavy atom. The van der Waals surface area contributed by atoms with Gasteiger partial charge in [0.1, 0.15) is 0 Å². The van der Waals surface area contributed by atoms with Gasteiger partial charge in [0, 0.05) is 18.8 Å². The SMILES string of the molecule is O=C1c2ccc(N3CCC(O)CC3)cc2-n2c1nc1ccccc1c2=O. The van der Waals surface area contributed by atoms with E-state index in [0.717, 1.165) is 31.6 Å². The van der Waals surface area contributed by atoms with Gasteiger partial charge in [-0.1, -0.05) is 12.1 Å². The van der Waals surface area contributed by atoms with Crippen molar-refractivity contribution in [3.8, 4) is 5.69 Å². The summed E-state index contributed by atoms with van der Waals surface area (Å²) in [6.45, 7) is 1.51. The molecular formula is C20H17N3O3. The lowest BCUT2D eigenvalue weighted by Crippen LogP contribution is -2.35. The molecule has 0 spiro atoms. The van der Waals surface area contributed by atoms with Crippen LogP contribution in [0.3, 0.4) is 0 Å². The van der Waals surface area contributed by atoms with Crippen molar-refractivity contribution in [2.45, 2.75) is 18.9 Å². The second-order valence-corrected chi connectivity index (χ2v) is 6.84. The third-order valence-electron chi connectivity index (χ3n) is 5.28. The van der Waals surface area contributed by atoms with Crippen LogP contribution in [0.1, 0.15) is 29.0 Å². The highest BCUT2D eigenvalue weighted by Gasteiger charge is 2.31. The third kappa shape index (κ3) is 2.12. The van der Waals surface area contributed by atoms with Crippen LogP contribution in [0.4, 0.5) is 5.69 Å². The molecule has 5 rings (SSSR count). The number of para-hydroxylation sites is 1. The lowest BCUT2D eigenvalue weighted by atomic mass is 10.1. The van der Waals surface area contributed by atoms with Gasteiger partial charge in [-0.3, -0.25) is 14.2 Å². The van der Waals surface area contributed by atoms with Crippen molar-refractivity contribution < 1.29 is 9.90 Å². The topological polar surface area (TPSA) is 75.4 Å². The van der Waals surface area contributed by atoms with E-state index in [-0.39, 0.29) is 23.3 Å². The minimum absolute atomic E-state index is 0.176. The summed E-state index contributed by atoms with van der Waals surface area (Å²) in [5.41, 5.74) is 2.37. The summed E-state index contributed by atoms with van der Waals surface area (Å²) >= 11 is 0. The molecule has 3 heterocycles. The number of fused-ring (bicyclic) bond motifs is 4. The molecule has 0 radical (unpaired) electrons. The quantitative estimate of drug-likeness (QED) is 0.569. The van der Waals surface area contributed by atoms with Crippen molar-refractivity contribution >= 4 is 22.4 Å². The molecule has 1 aromatic heterocycles. The molecule has 0 saturated carbocycles. The summed E-state index contributed by atoms with van der Waals surface area (Å²) in [5, 5.41) is 10.2. The second kappa shape index (κ2) is 5.51. The van der Waals surface area contributed by atoms with Crippen molar-refractivity contribution in [2.24, 2.45) is 0 Å². The van der Waals surface area contributed by atoms with Crippen LogP contribution < -0.4 is 10.5 Å². The minimum atomic E-state index is -0.249. The molecule has 0 unspecified atom stereocenters. The van der Waals surface area contributed by atoms with Crippen LogP contribution in [0.2, 0.25) is 0 Å². The molecule has 2 aromatic carbocycles. The van der Waals surface area contributed by atoms with Crippen molar-refractivity contribution in [2.75, 3.05) is 18.0 Å². The first-order chi connectivity index (χ1) is 12.6. The Bertz CT molecular complexity index is 1110. The number of hydrogen-bond donors (Lipinski definition) is 1. The number of rotatable bonds is 1. The van der Waals surface area contributed by atoms with Crippen LogP contribution in [0.15, 0.2) is 47.3 Å². The fraction of sp³-hybridized carbons (Fsp3) is 0.250. The van der Waals surface area contributed by atoms with Crippen molar-refractivity contribution in [3.05, 3.63) is 64.2 Å². The van der Waals surface area contributed by atoms with E-state index in [1.165, 1.54) is 4.57 Å². The number of nitrogens with zero attached hydrogens (tertiary/aromatic N) is 3. The van der Waals surface area contributed by atoms with Crippen LogP contribution in [0.25, 0.3) is 16.6 Å². The first-order valence-corrected chi connectivity index (χ1v) is 8.77. The Morgan fingerprint density at radius 3 is 2.62 bits per heavy atom. The van der Waals surface area contributed by atoms with Gasteiger partial charge in [-0.25, -0.2) is 4.98 Å². The lowest BCUT2D eigenvalue weighted by Gasteiger charge is -2.31. The molecule has 3 aromatic rings. The van der Waals surface area contributed by atoms with Crippen LogP contribution >= 0.6 is 0 Å². The fourth-order valence-electron chi connectivity index (χ4n) is 3.85. The summed E-state index contributed by atoms with van der Waals surface area (Å²) in [7, 11) is 0. The number of carbonyl (C=O) groups excluding carboxylic acids is 1. The molecule has 0 amide bonds. The maximum absolute atomic E-state index is 13.0. The number of ketones is 1. The molecule has 1 fully saturated rings. The van der Waals surface area contributed by atoms with E-state index in [1.54, 1.807) is 30.3 Å². The zero-order valence-electron chi connectivity index (χ0n) is 14.1. The van der Waals surface area contributed by atoms with Gasteiger partial charge >= 0.3 is 0 Å². The van der Waals surface area contributed by atoms with Gasteiger partial charge in [0.25, 0.3) is 5.56 Å². The van der Waals surface area contributed by atoms with E-state index in [4.69, 9.17) is 0 Å². The van der Waals surface area contributed by atoms with Gasteiger partial charge in [0.15, 0.2) is 5.82 Å². The van der Waals surface area contributed by atoms with E-state index >= 15 is 0 Å². The van der Waals surface area contributed by atoms with Crippen molar-refractivity contribution in [1.29, 1.82) is 0 Å². The second-order valence-electron chi connectivity index (χ2n) is 6.84. The van der Waals surface area contributed by atoms with Crippen molar-refractivity contribution in [3.63, 3.8) is 0 Å². The van der Waals surface area contributed by atoms with Crippen LogP contribution in [0, 0.1) is 0 Å². The lowest BCUT2D eigenvalue weighted by molar-refractivity contribution is 0.103. The molecule has 2 aliphatic heterocycles. The van der Waals surface area contributed by atoms with Crippen LogP contribution in [-0.4, -0.2) is 39.6 Å². The summed E-state index contributed by atoms with van der Waals surface area (Å²) < 4.78 is 1.43. The van der Waals surface area contributed by atoms with Crippen LogP contribution in [-0.2, 0) is 0 Å². The number of hydrogen-bond acceptors (Lipinski definition) is 5. The smallest absolute Gasteiger partial charge is 0.266 e. The third-order valence-corrected chi connectivity index (χ3v) is 5.28. The van der Waals surface area contributed by atoms with Gasteiger partial charge in [-0.15, -0.1) is 0 Å². The standard InChI is InChI=1S/C20H17N3O3/c24-13-7-9-22(10-8-13)12-5-6-15-17(11-12)23-19(18(15)25)21-16-4-2-1-3-14(16)20(23)26/h1-6,11,13,24H,7-10H2. The number of aliphatic hydroxyl groups is 1. The Hall–Kier alpha value is -2.99. The molecule has 1 saturated heterocycles. The predicted molar refractivity (Wildman–Crippen MR) is 98.2 cm³/mol. The Morgan fingerprint density at radius 1 is 1.04 bits per heavy atom. The number of aromatic nitrogens is 2. The largest absolute Gasteiger partial charge is 0.393 e. The number of aliphatic hydroxyl groups excluding tert-OH is 1. The zero-order valence-corrected chi connectivity index (χ0v) is 14.1. The normalized spacial score (nSPS) is 16.8. The van der Waals surface area contributed by atoms with Gasteiger partial charge in [-0.2, -0.15) is 0 Å². The van der Waals surface area contributed by atoms with Gasteiger partial charge in [0.05, 0.1) is 28.3 Å². The minimum Gasteiger partial charge on any atom is -0.393 e. The van der Waals surface area contributed by atoms with Gasteiger partial charge < -0.3 is 10.0 Å². The zero-order chi connectivity index (χ0) is 17.8. The molecule has 6 heteroatoms. The average molecular weight is 347 g/mol. The summed E-state index contributed by atoms with van der Waals surface area (Å²) in [6.07, 6.45) is 1.19. The molecule has 26 heavy (non-hydrogen) atoms. The molecule has 130 valence electrons. The first kappa shape index (κ1) is 15.3. The number of anilines is 1. The van der Waals surface area contributed by atoms with Gasteiger partial charge in [0.2, 0.25) is 5.78 Å². The number of benzene rings is 2. The average Bonchev–Trinajstić information content (AvgIpc) is 2.95. The van der Waals surface area contributed by atoms with E-state index < -0.39 is 0 Å². The molecule has 0 bridgehead atoms. The molecule has 0 aliphatic carbocycles. The van der Waals surface area contributed by atoms with E-state index in [0.29, 0.717) is 22.2 Å². The van der Waals surface area contributed by atoms with Crippen molar-refractivity contribution in [1.82, 2.24) is 9.55 Å². The number of piperidine rings is 1. The highest BCUT2D eigenvalue weighted by atomic mass is 16.3. The molecular weight excluding hydrogens is 330 g/mol. The van der Waals surface area contributed by atoms with E-state index in [1.807, 2.05) is 12.1 Å². The Labute approximate surface area is 149 Å². The summed E-state index contributed by atoms with van der Waals surface area (Å²) in [6, 6.07) is 12.7. The Balaban J connectivity index is 1.68. The number of carbonyl (C=O) groups is 1. The molecule has 1 N–H and O–H groups in total. The first-order valence-electron chi connectivity index (χ1n) is 8.77. The van der Waals surface area contributed by atoms with Gasteiger partial charge in [-0.05, 0) is 43.2 Å². The Kier molecular flexibility index (Phi) is 3.24. The highest BCUT2D eigenvalue weighted by Crippen LogP contribution is 2.31. The molecule has 0 atom stereocenters. The predicted octanol–water partition coefficient (Wildman–Crippen LogP) is 1.89. The maximum atomic E-state index is 13.0. The fourth-order valence-corrected chi connectivity index (χ4v) is 3.85. The van der Waals surface area contributed by atoms with E-state index in [9.17, 15) is 14.7 Å². The summed E-state index contributed by atoms with van der Waals surface area (Å²) in [5.74, 6) is -0.0432. The molecule has 6 nitrogen and oxygen atoms in total. The monoisotopic (exact) mass is 347 g/mol. The van der Waals surface area contributed by atoms with E-state index in [2.05, 4.69) is 9.88 Å². The summed E-state index contributed by atoms with van der Waals surface area (Å²) in [4.78, 5) is 32.3. The molecule has 2 aliphatic rings. The highest BCUT2D eigenvalue weighted by molar-refractivity contribution is 6.13. The van der Waals surface area contributed by atoms with Crippen LogP contribution in [0.5, 0.6) is 0 Å². The maximum Gasteiger partial charge on any atom is 0.266 e.